The fourth-order valence-electron chi connectivity index (χ4n) is 3.74. The van der Waals surface area contributed by atoms with Crippen LogP contribution in [0.15, 0.2) is 60.8 Å². The summed E-state index contributed by atoms with van der Waals surface area (Å²) in [6.07, 6.45) is 1.85. The van der Waals surface area contributed by atoms with Crippen molar-refractivity contribution in [2.24, 2.45) is 0 Å². The maximum atomic E-state index is 12.7. The summed E-state index contributed by atoms with van der Waals surface area (Å²) in [4.78, 5) is 32.8. The highest BCUT2D eigenvalue weighted by atomic mass is 16.6. The van der Waals surface area contributed by atoms with Crippen molar-refractivity contribution in [1.29, 1.82) is 0 Å². The SMILES string of the molecule is COC(=O)COc1ccc(C(=O)CN2CCN(c3ccnc4ccccc34)CC2)cc1. The zero-order chi connectivity index (χ0) is 21.6. The highest BCUT2D eigenvalue weighted by Gasteiger charge is 2.21. The Bertz CT molecular complexity index is 1050. The van der Waals surface area contributed by atoms with Gasteiger partial charge in [0, 0.05) is 49.0 Å². The van der Waals surface area contributed by atoms with Crippen LogP contribution in [-0.2, 0) is 9.53 Å². The molecule has 7 nitrogen and oxygen atoms in total. The molecule has 1 fully saturated rings. The number of hydrogen-bond donors (Lipinski definition) is 0. The summed E-state index contributed by atoms with van der Waals surface area (Å²) < 4.78 is 9.87. The third-order valence-corrected chi connectivity index (χ3v) is 5.47. The van der Waals surface area contributed by atoms with E-state index in [9.17, 15) is 9.59 Å². The normalized spacial score (nSPS) is 14.4. The van der Waals surface area contributed by atoms with Crippen molar-refractivity contribution in [2.75, 3.05) is 51.3 Å². The Labute approximate surface area is 181 Å². The summed E-state index contributed by atoms with van der Waals surface area (Å²) in [6.45, 7) is 3.60. The second-order valence-electron chi connectivity index (χ2n) is 7.42. The minimum Gasteiger partial charge on any atom is -0.482 e. The summed E-state index contributed by atoms with van der Waals surface area (Å²) in [5, 5.41) is 1.16. The maximum Gasteiger partial charge on any atom is 0.343 e. The van der Waals surface area contributed by atoms with Gasteiger partial charge in [-0.25, -0.2) is 4.79 Å². The van der Waals surface area contributed by atoms with Crippen molar-refractivity contribution in [2.45, 2.75) is 0 Å². The van der Waals surface area contributed by atoms with Gasteiger partial charge in [-0.1, -0.05) is 18.2 Å². The molecule has 1 aromatic heterocycles. The molecule has 4 rings (SSSR count). The van der Waals surface area contributed by atoms with Crippen LogP contribution in [0.2, 0.25) is 0 Å². The molecule has 160 valence electrons. The molecule has 31 heavy (non-hydrogen) atoms. The lowest BCUT2D eigenvalue weighted by Crippen LogP contribution is -2.48. The molecule has 0 unspecified atom stereocenters. The predicted octanol–water partition coefficient (Wildman–Crippen LogP) is 2.79. The number of benzene rings is 2. The topological polar surface area (TPSA) is 72.0 Å². The summed E-state index contributed by atoms with van der Waals surface area (Å²) >= 11 is 0. The second-order valence-corrected chi connectivity index (χ2v) is 7.42. The zero-order valence-electron chi connectivity index (χ0n) is 17.5. The van der Waals surface area contributed by atoms with E-state index in [-0.39, 0.29) is 12.4 Å². The number of para-hydroxylation sites is 1. The molecular weight excluding hydrogens is 394 g/mol. The van der Waals surface area contributed by atoms with Gasteiger partial charge in [-0.2, -0.15) is 0 Å². The van der Waals surface area contributed by atoms with E-state index in [1.807, 2.05) is 24.4 Å². The summed E-state index contributed by atoms with van der Waals surface area (Å²) in [5.41, 5.74) is 2.82. The molecule has 0 atom stereocenters. The van der Waals surface area contributed by atoms with Crippen LogP contribution in [0.4, 0.5) is 5.69 Å². The number of carbonyl (C=O) groups is 2. The van der Waals surface area contributed by atoms with Gasteiger partial charge >= 0.3 is 5.97 Å². The van der Waals surface area contributed by atoms with Crippen LogP contribution in [0.3, 0.4) is 0 Å². The minimum absolute atomic E-state index is 0.0716. The molecule has 0 bridgehead atoms. The number of rotatable bonds is 7. The number of hydrogen-bond acceptors (Lipinski definition) is 7. The Balaban J connectivity index is 1.31. The number of carbonyl (C=O) groups excluding carboxylic acids is 2. The second kappa shape index (κ2) is 9.57. The quantitative estimate of drug-likeness (QED) is 0.431. The monoisotopic (exact) mass is 419 g/mol. The van der Waals surface area contributed by atoms with Crippen molar-refractivity contribution < 1.29 is 19.1 Å². The van der Waals surface area contributed by atoms with E-state index in [1.165, 1.54) is 12.8 Å². The average molecular weight is 419 g/mol. The molecule has 0 N–H and O–H groups in total. The molecule has 0 aliphatic carbocycles. The van der Waals surface area contributed by atoms with E-state index in [0.29, 0.717) is 17.9 Å². The fraction of sp³-hybridized carbons (Fsp3) is 0.292. The molecule has 0 spiro atoms. The number of ketones is 1. The van der Waals surface area contributed by atoms with E-state index in [1.54, 1.807) is 24.3 Å². The van der Waals surface area contributed by atoms with E-state index in [4.69, 9.17) is 4.74 Å². The molecule has 0 amide bonds. The number of aromatic nitrogens is 1. The van der Waals surface area contributed by atoms with Gasteiger partial charge in [0.25, 0.3) is 0 Å². The first-order chi connectivity index (χ1) is 15.1. The van der Waals surface area contributed by atoms with Crippen molar-refractivity contribution in [1.82, 2.24) is 9.88 Å². The lowest BCUT2D eigenvalue weighted by molar-refractivity contribution is -0.142. The maximum absolute atomic E-state index is 12.7. The van der Waals surface area contributed by atoms with Crippen molar-refractivity contribution in [3.63, 3.8) is 0 Å². The van der Waals surface area contributed by atoms with Gasteiger partial charge in [-0.3, -0.25) is 14.7 Å². The Morgan fingerprint density at radius 2 is 1.71 bits per heavy atom. The smallest absolute Gasteiger partial charge is 0.343 e. The number of nitrogens with zero attached hydrogens (tertiary/aromatic N) is 3. The van der Waals surface area contributed by atoms with Gasteiger partial charge in [-0.05, 0) is 36.4 Å². The third kappa shape index (κ3) is 5.00. The van der Waals surface area contributed by atoms with Crippen LogP contribution in [0, 0.1) is 0 Å². The molecule has 0 radical (unpaired) electrons. The first kappa shape index (κ1) is 20.8. The van der Waals surface area contributed by atoms with Crippen LogP contribution >= 0.6 is 0 Å². The molecule has 2 heterocycles. The van der Waals surface area contributed by atoms with Crippen LogP contribution < -0.4 is 9.64 Å². The highest BCUT2D eigenvalue weighted by molar-refractivity contribution is 5.97. The van der Waals surface area contributed by atoms with Crippen molar-refractivity contribution in [3.8, 4) is 5.75 Å². The lowest BCUT2D eigenvalue weighted by Gasteiger charge is -2.36. The third-order valence-electron chi connectivity index (χ3n) is 5.47. The Kier molecular flexibility index (Phi) is 6.43. The van der Waals surface area contributed by atoms with Crippen LogP contribution in [0.1, 0.15) is 10.4 Å². The Morgan fingerprint density at radius 1 is 0.968 bits per heavy atom. The number of pyridine rings is 1. The number of esters is 1. The van der Waals surface area contributed by atoms with E-state index < -0.39 is 5.97 Å². The standard InChI is InChI=1S/C24H25N3O4/c1-30-24(29)17-31-19-8-6-18(7-9-19)23(28)16-26-12-14-27(15-13-26)22-10-11-25-21-5-3-2-4-20(21)22/h2-11H,12-17H2,1H3. The highest BCUT2D eigenvalue weighted by Crippen LogP contribution is 2.26. The van der Waals surface area contributed by atoms with Gasteiger partial charge in [0.05, 0.1) is 19.2 Å². The molecule has 2 aromatic carbocycles. The summed E-state index contributed by atoms with van der Waals surface area (Å²) in [7, 11) is 1.31. The average Bonchev–Trinajstić information content (AvgIpc) is 2.83. The molecule has 7 heteroatoms. The predicted molar refractivity (Wildman–Crippen MR) is 119 cm³/mol. The number of ether oxygens (including phenoxy) is 2. The van der Waals surface area contributed by atoms with E-state index in [0.717, 1.165) is 37.1 Å². The van der Waals surface area contributed by atoms with E-state index in [2.05, 4.69) is 31.7 Å². The molecule has 3 aromatic rings. The molecular formula is C24H25N3O4. The summed E-state index contributed by atoms with van der Waals surface area (Å²) in [5.74, 6) is 0.154. The van der Waals surface area contributed by atoms with Gasteiger partial charge in [0.1, 0.15) is 5.75 Å². The largest absolute Gasteiger partial charge is 0.482 e. The Morgan fingerprint density at radius 3 is 2.45 bits per heavy atom. The van der Waals surface area contributed by atoms with Crippen LogP contribution in [-0.4, -0.2) is 68.1 Å². The molecule has 1 aliphatic rings. The number of methoxy groups -OCH3 is 1. The molecule has 1 aliphatic heterocycles. The molecule has 0 saturated carbocycles. The van der Waals surface area contributed by atoms with Crippen molar-refractivity contribution >= 4 is 28.3 Å². The number of piperazine rings is 1. The zero-order valence-corrected chi connectivity index (χ0v) is 17.5. The number of Topliss-reactive ketones (excluding diaryl/α,β-unsaturated/α-hetero) is 1. The summed E-state index contributed by atoms with van der Waals surface area (Å²) in [6, 6.07) is 17.1. The van der Waals surface area contributed by atoms with Gasteiger partial charge in [-0.15, -0.1) is 0 Å². The number of fused-ring (bicyclic) bond motifs is 1. The Hall–Kier alpha value is -3.45. The van der Waals surface area contributed by atoms with Crippen LogP contribution in [0.25, 0.3) is 10.9 Å². The fourth-order valence-corrected chi connectivity index (χ4v) is 3.74. The first-order valence-electron chi connectivity index (χ1n) is 10.3. The van der Waals surface area contributed by atoms with Crippen LogP contribution in [0.5, 0.6) is 5.75 Å². The van der Waals surface area contributed by atoms with Gasteiger partial charge in [0.15, 0.2) is 12.4 Å². The molecule has 1 saturated heterocycles. The van der Waals surface area contributed by atoms with Gasteiger partial charge in [0.2, 0.25) is 0 Å². The lowest BCUT2D eigenvalue weighted by atomic mass is 10.1. The number of anilines is 1. The minimum atomic E-state index is -0.445. The van der Waals surface area contributed by atoms with Crippen molar-refractivity contribution in [3.05, 3.63) is 66.4 Å². The first-order valence-corrected chi connectivity index (χ1v) is 10.3. The van der Waals surface area contributed by atoms with Gasteiger partial charge < -0.3 is 14.4 Å². The van der Waals surface area contributed by atoms with E-state index >= 15 is 0 Å².